The van der Waals surface area contributed by atoms with Gasteiger partial charge in [0.05, 0.1) is 36.5 Å². The van der Waals surface area contributed by atoms with Crippen LogP contribution in [0, 0.1) is 3.57 Å². The third-order valence-electron chi connectivity index (χ3n) is 6.80. The van der Waals surface area contributed by atoms with Gasteiger partial charge in [-0.2, -0.15) is 0 Å². The average molecular weight is 672 g/mol. The molecule has 2 aliphatic rings. The van der Waals surface area contributed by atoms with Crippen molar-refractivity contribution in [1.82, 2.24) is 15.1 Å². The SMILES string of the molecule is CCC=CC(=O)N(CCN1CCOCC1)C1CC(C(=O)NCCO)=CC(Oc2c(I)cc(C=O)cc2OC)C1O. The molecule has 0 saturated carbocycles. The van der Waals surface area contributed by atoms with Gasteiger partial charge in [0.15, 0.2) is 11.5 Å². The summed E-state index contributed by atoms with van der Waals surface area (Å²) < 4.78 is 17.7. The van der Waals surface area contributed by atoms with Gasteiger partial charge in [0.1, 0.15) is 18.5 Å². The molecule has 0 aromatic heterocycles. The molecular weight excluding hydrogens is 633 g/mol. The van der Waals surface area contributed by atoms with Crippen LogP contribution in [0.4, 0.5) is 0 Å². The van der Waals surface area contributed by atoms with Crippen molar-refractivity contribution in [2.75, 3.05) is 59.7 Å². The first-order valence-corrected chi connectivity index (χ1v) is 14.4. The lowest BCUT2D eigenvalue weighted by atomic mass is 9.88. The summed E-state index contributed by atoms with van der Waals surface area (Å²) in [7, 11) is 1.45. The number of aliphatic hydroxyl groups excluding tert-OH is 2. The van der Waals surface area contributed by atoms with E-state index in [1.165, 1.54) is 19.3 Å². The molecule has 40 heavy (non-hydrogen) atoms. The van der Waals surface area contributed by atoms with Gasteiger partial charge in [0, 0.05) is 50.3 Å². The van der Waals surface area contributed by atoms with Gasteiger partial charge in [0.2, 0.25) is 11.8 Å². The highest BCUT2D eigenvalue weighted by Crippen LogP contribution is 2.37. The fraction of sp³-hybridized carbons (Fsp3) is 0.536. The van der Waals surface area contributed by atoms with Crippen molar-refractivity contribution in [3.8, 4) is 11.5 Å². The van der Waals surface area contributed by atoms with Crippen LogP contribution in [0.3, 0.4) is 0 Å². The summed E-state index contributed by atoms with van der Waals surface area (Å²) in [6.45, 7) is 5.41. The number of aldehydes is 1. The van der Waals surface area contributed by atoms with E-state index in [2.05, 4.69) is 10.2 Å². The fourth-order valence-corrected chi connectivity index (χ4v) is 5.42. The maximum atomic E-state index is 13.4. The predicted molar refractivity (Wildman–Crippen MR) is 157 cm³/mol. The monoisotopic (exact) mass is 671 g/mol. The van der Waals surface area contributed by atoms with E-state index in [1.807, 2.05) is 29.5 Å². The number of nitrogens with one attached hydrogen (secondary N) is 1. The van der Waals surface area contributed by atoms with E-state index in [9.17, 15) is 24.6 Å². The maximum Gasteiger partial charge on any atom is 0.247 e. The molecule has 2 amide bonds. The Labute approximate surface area is 248 Å². The lowest BCUT2D eigenvalue weighted by Gasteiger charge is -2.41. The predicted octanol–water partition coefficient (Wildman–Crippen LogP) is 1.15. The second-order valence-corrected chi connectivity index (χ2v) is 10.6. The van der Waals surface area contributed by atoms with Gasteiger partial charge in [-0.1, -0.05) is 13.0 Å². The van der Waals surface area contributed by atoms with Crippen molar-refractivity contribution in [1.29, 1.82) is 0 Å². The number of hydrogen-bond acceptors (Lipinski definition) is 9. The number of ether oxygens (including phenoxy) is 3. The minimum Gasteiger partial charge on any atom is -0.493 e. The second kappa shape index (κ2) is 16.1. The zero-order valence-electron chi connectivity index (χ0n) is 22.9. The van der Waals surface area contributed by atoms with Gasteiger partial charge in [-0.25, -0.2) is 0 Å². The number of methoxy groups -OCH3 is 1. The topological polar surface area (TPSA) is 138 Å². The van der Waals surface area contributed by atoms with Crippen molar-refractivity contribution < 1.29 is 38.8 Å². The number of carbonyl (C=O) groups is 3. The zero-order chi connectivity index (χ0) is 29.1. The number of allylic oxidation sites excluding steroid dienone is 1. The number of aliphatic hydroxyl groups is 2. The molecule has 1 saturated heterocycles. The molecule has 220 valence electrons. The molecule has 1 aromatic rings. The minimum atomic E-state index is -1.18. The molecule has 1 fully saturated rings. The molecule has 3 unspecified atom stereocenters. The first kappa shape index (κ1) is 32.0. The molecule has 1 heterocycles. The third kappa shape index (κ3) is 8.49. The van der Waals surface area contributed by atoms with Crippen LogP contribution >= 0.6 is 22.6 Å². The number of morpholine rings is 1. The Morgan fingerprint density at radius 3 is 2.70 bits per heavy atom. The molecule has 0 radical (unpaired) electrons. The quantitative estimate of drug-likeness (QED) is 0.160. The van der Waals surface area contributed by atoms with Crippen LogP contribution in [-0.2, 0) is 14.3 Å². The van der Waals surface area contributed by atoms with Crippen molar-refractivity contribution >= 4 is 40.7 Å². The van der Waals surface area contributed by atoms with Gasteiger partial charge < -0.3 is 34.6 Å². The molecule has 11 nitrogen and oxygen atoms in total. The molecule has 1 aliphatic heterocycles. The van der Waals surface area contributed by atoms with Crippen LogP contribution in [0.15, 0.2) is 35.9 Å². The van der Waals surface area contributed by atoms with E-state index in [0.29, 0.717) is 65.2 Å². The molecule has 3 N–H and O–H groups in total. The number of hydrogen-bond donors (Lipinski definition) is 3. The highest BCUT2D eigenvalue weighted by Gasteiger charge is 2.40. The zero-order valence-corrected chi connectivity index (χ0v) is 25.0. The van der Waals surface area contributed by atoms with E-state index in [-0.39, 0.29) is 25.5 Å². The van der Waals surface area contributed by atoms with Crippen molar-refractivity contribution in [3.05, 3.63) is 45.1 Å². The summed E-state index contributed by atoms with van der Waals surface area (Å²) in [5, 5.41) is 23.5. The Balaban J connectivity index is 1.97. The van der Waals surface area contributed by atoms with Gasteiger partial charge >= 0.3 is 0 Å². The van der Waals surface area contributed by atoms with Crippen molar-refractivity contribution in [3.63, 3.8) is 0 Å². The van der Waals surface area contributed by atoms with Gasteiger partial charge in [-0.3, -0.25) is 19.3 Å². The number of carbonyl (C=O) groups excluding carboxylic acids is 3. The first-order chi connectivity index (χ1) is 19.3. The van der Waals surface area contributed by atoms with E-state index >= 15 is 0 Å². The average Bonchev–Trinajstić information content (AvgIpc) is 2.97. The molecule has 3 atom stereocenters. The molecule has 0 bridgehead atoms. The molecule has 1 aliphatic carbocycles. The summed E-state index contributed by atoms with van der Waals surface area (Å²) >= 11 is 2.02. The molecular formula is C28H38IN3O8. The maximum absolute atomic E-state index is 13.4. The van der Waals surface area contributed by atoms with Crippen LogP contribution in [0.1, 0.15) is 30.1 Å². The smallest absolute Gasteiger partial charge is 0.247 e. The minimum absolute atomic E-state index is 0.0622. The summed E-state index contributed by atoms with van der Waals surface area (Å²) in [6, 6.07) is 2.39. The first-order valence-electron chi connectivity index (χ1n) is 13.4. The second-order valence-electron chi connectivity index (χ2n) is 9.46. The highest BCUT2D eigenvalue weighted by atomic mass is 127. The number of nitrogens with zero attached hydrogens (tertiary/aromatic N) is 2. The molecule has 3 rings (SSSR count). The standard InChI is InChI=1S/C28H38IN3O8/c1-3-4-5-25(35)32(8-7-31-9-12-39-13-10-31)22-16-20(28(37)30-6-11-33)17-23(26(22)36)40-27-21(29)14-19(18-34)15-24(27)38-2/h4-5,14-15,17-18,22-23,26,33,36H,3,6-13,16H2,1-2H3,(H,30,37). The Morgan fingerprint density at radius 1 is 1.30 bits per heavy atom. The van der Waals surface area contributed by atoms with E-state index in [0.717, 1.165) is 13.1 Å². The third-order valence-corrected chi connectivity index (χ3v) is 7.60. The van der Waals surface area contributed by atoms with Crippen LogP contribution in [0.25, 0.3) is 0 Å². The Bertz CT molecular complexity index is 1090. The lowest BCUT2D eigenvalue weighted by Crippen LogP contribution is -2.56. The Hall–Kier alpha value is -2.52. The molecule has 1 aromatic carbocycles. The molecule has 12 heteroatoms. The van der Waals surface area contributed by atoms with E-state index in [4.69, 9.17) is 14.2 Å². The van der Waals surface area contributed by atoms with Crippen LogP contribution in [-0.4, -0.2) is 116 Å². The summed E-state index contributed by atoms with van der Waals surface area (Å²) in [5.41, 5.74) is 0.730. The summed E-state index contributed by atoms with van der Waals surface area (Å²) in [4.78, 5) is 41.6. The normalized spacial score (nSPS) is 21.5. The van der Waals surface area contributed by atoms with Crippen molar-refractivity contribution in [2.24, 2.45) is 0 Å². The molecule has 0 spiro atoms. The number of amides is 2. The van der Waals surface area contributed by atoms with Gasteiger partial charge in [0.25, 0.3) is 0 Å². The van der Waals surface area contributed by atoms with Crippen LogP contribution in [0.2, 0.25) is 0 Å². The van der Waals surface area contributed by atoms with Gasteiger partial charge in [-0.05, 0) is 53.3 Å². The van der Waals surface area contributed by atoms with Gasteiger partial charge in [-0.15, -0.1) is 0 Å². The fourth-order valence-electron chi connectivity index (χ4n) is 4.67. The van der Waals surface area contributed by atoms with E-state index in [1.54, 1.807) is 23.1 Å². The van der Waals surface area contributed by atoms with Crippen molar-refractivity contribution in [2.45, 2.75) is 38.0 Å². The van der Waals surface area contributed by atoms with Crippen LogP contribution < -0.4 is 14.8 Å². The lowest BCUT2D eigenvalue weighted by molar-refractivity contribution is -0.134. The Kier molecular flexibility index (Phi) is 12.8. The number of rotatable bonds is 13. The summed E-state index contributed by atoms with van der Waals surface area (Å²) in [6.07, 6.45) is 4.10. The summed E-state index contributed by atoms with van der Waals surface area (Å²) in [5.74, 6) is -0.0735. The largest absolute Gasteiger partial charge is 0.493 e. The number of halogens is 1. The van der Waals surface area contributed by atoms with E-state index < -0.39 is 24.2 Å². The van der Waals surface area contributed by atoms with Crippen LogP contribution in [0.5, 0.6) is 11.5 Å². The Morgan fingerprint density at radius 2 is 2.05 bits per heavy atom. The number of benzene rings is 1. The highest BCUT2D eigenvalue weighted by molar-refractivity contribution is 14.1.